The third-order valence-electron chi connectivity index (χ3n) is 6.08. The van der Waals surface area contributed by atoms with Crippen LogP contribution in [0.2, 0.25) is 0 Å². The zero-order chi connectivity index (χ0) is 24.7. The van der Waals surface area contributed by atoms with E-state index >= 15 is 0 Å². The molecule has 0 spiro atoms. The molecule has 0 saturated carbocycles. The van der Waals surface area contributed by atoms with Crippen molar-refractivity contribution < 1.29 is 28.3 Å². The Bertz CT molecular complexity index is 1220. The molecule has 0 aliphatic carbocycles. The normalized spacial score (nSPS) is 18.4. The van der Waals surface area contributed by atoms with Crippen molar-refractivity contribution in [3.8, 4) is 0 Å². The van der Waals surface area contributed by atoms with Crippen LogP contribution in [-0.4, -0.2) is 71.0 Å². The number of amides is 2. The molecule has 1 atom stereocenters. The van der Waals surface area contributed by atoms with Crippen LogP contribution in [0.4, 0.5) is 0 Å². The number of hydrogen-bond acceptors (Lipinski definition) is 10. The van der Waals surface area contributed by atoms with Gasteiger partial charge in [-0.3, -0.25) is 9.59 Å². The Labute approximate surface area is 205 Å². The van der Waals surface area contributed by atoms with E-state index in [9.17, 15) is 9.59 Å². The SMILES string of the molecule is O=C(NC1CCCOC1)c1ccc2nonc2c1.O=C(NC1CCOCC1)c1ccc2nonc2c1. The van der Waals surface area contributed by atoms with Gasteiger partial charge in [0, 0.05) is 37.0 Å². The number of ether oxygens (including phenoxy) is 2. The highest BCUT2D eigenvalue weighted by Gasteiger charge is 2.19. The second kappa shape index (κ2) is 11.2. The average Bonchev–Trinajstić information content (AvgIpc) is 3.59. The van der Waals surface area contributed by atoms with E-state index in [2.05, 4.69) is 40.5 Å². The largest absolute Gasteiger partial charge is 0.381 e. The standard InChI is InChI=1S/2C12H13N3O3/c16-12(13-9-3-5-17-6-4-9)8-1-2-10-11(7-8)15-18-14-10;16-12(13-9-2-1-5-17-7-9)8-3-4-10-11(6-8)15-18-14-10/h1-2,7,9H,3-6H2,(H,13,16);3-4,6,9H,1-2,5,7H2,(H,13,16). The molecule has 2 aliphatic rings. The molecule has 36 heavy (non-hydrogen) atoms. The molecule has 12 heteroatoms. The van der Waals surface area contributed by atoms with Gasteiger partial charge in [0.15, 0.2) is 0 Å². The maximum Gasteiger partial charge on any atom is 0.251 e. The van der Waals surface area contributed by atoms with Crippen LogP contribution in [-0.2, 0) is 9.47 Å². The predicted molar refractivity (Wildman–Crippen MR) is 126 cm³/mol. The van der Waals surface area contributed by atoms with Gasteiger partial charge >= 0.3 is 0 Å². The van der Waals surface area contributed by atoms with E-state index in [0.29, 0.717) is 53.0 Å². The lowest BCUT2D eigenvalue weighted by atomic mass is 10.1. The summed E-state index contributed by atoms with van der Waals surface area (Å²) in [6, 6.07) is 10.5. The van der Waals surface area contributed by atoms with Gasteiger partial charge in [-0.2, -0.15) is 0 Å². The summed E-state index contributed by atoms with van der Waals surface area (Å²) in [5.41, 5.74) is 3.61. The first kappa shape index (κ1) is 23.8. The van der Waals surface area contributed by atoms with Crippen molar-refractivity contribution >= 4 is 33.9 Å². The molecule has 2 aromatic heterocycles. The van der Waals surface area contributed by atoms with Crippen molar-refractivity contribution in [3.63, 3.8) is 0 Å². The lowest BCUT2D eigenvalue weighted by Gasteiger charge is -2.23. The lowest BCUT2D eigenvalue weighted by molar-refractivity contribution is 0.0624. The summed E-state index contributed by atoms with van der Waals surface area (Å²) in [7, 11) is 0. The van der Waals surface area contributed by atoms with Gasteiger partial charge in [0.25, 0.3) is 11.8 Å². The quantitative estimate of drug-likeness (QED) is 0.432. The van der Waals surface area contributed by atoms with Crippen molar-refractivity contribution in [1.82, 2.24) is 31.3 Å². The number of carbonyl (C=O) groups excluding carboxylic acids is 2. The molecule has 2 amide bonds. The molecule has 12 nitrogen and oxygen atoms in total. The summed E-state index contributed by atoms with van der Waals surface area (Å²) in [5, 5.41) is 20.8. The number of nitrogens with zero attached hydrogens (tertiary/aromatic N) is 4. The first-order valence-corrected chi connectivity index (χ1v) is 11.9. The molecule has 0 bridgehead atoms. The van der Waals surface area contributed by atoms with Crippen molar-refractivity contribution in [2.45, 2.75) is 37.8 Å². The van der Waals surface area contributed by atoms with Crippen LogP contribution in [0, 0.1) is 0 Å². The summed E-state index contributed by atoms with van der Waals surface area (Å²) in [4.78, 5) is 24.1. The third-order valence-corrected chi connectivity index (χ3v) is 6.08. The zero-order valence-electron chi connectivity index (χ0n) is 19.5. The van der Waals surface area contributed by atoms with Crippen LogP contribution >= 0.6 is 0 Å². The molecular formula is C24H26N6O6. The van der Waals surface area contributed by atoms with Gasteiger partial charge in [-0.05, 0) is 82.7 Å². The predicted octanol–water partition coefficient (Wildman–Crippen LogP) is 2.26. The van der Waals surface area contributed by atoms with Gasteiger partial charge in [-0.25, -0.2) is 9.26 Å². The first-order chi connectivity index (χ1) is 17.7. The van der Waals surface area contributed by atoms with Crippen molar-refractivity contribution in [3.05, 3.63) is 47.5 Å². The highest BCUT2D eigenvalue weighted by molar-refractivity contribution is 5.98. The van der Waals surface area contributed by atoms with Crippen molar-refractivity contribution in [2.24, 2.45) is 0 Å². The minimum atomic E-state index is -0.115. The maximum atomic E-state index is 12.0. The Kier molecular flexibility index (Phi) is 7.43. The Hall–Kier alpha value is -3.90. The first-order valence-electron chi connectivity index (χ1n) is 11.9. The highest BCUT2D eigenvalue weighted by atomic mass is 16.6. The Morgan fingerprint density at radius 1 is 0.667 bits per heavy atom. The molecule has 2 fully saturated rings. The van der Waals surface area contributed by atoms with Crippen LogP contribution in [0.3, 0.4) is 0 Å². The second-order valence-corrected chi connectivity index (χ2v) is 8.68. The molecule has 2 saturated heterocycles. The number of carbonyl (C=O) groups is 2. The molecule has 4 aromatic rings. The van der Waals surface area contributed by atoms with E-state index in [4.69, 9.17) is 9.47 Å². The molecule has 0 radical (unpaired) electrons. The molecule has 2 N–H and O–H groups in total. The number of fused-ring (bicyclic) bond motifs is 2. The minimum Gasteiger partial charge on any atom is -0.381 e. The number of hydrogen-bond donors (Lipinski definition) is 2. The fourth-order valence-corrected chi connectivity index (χ4v) is 4.08. The second-order valence-electron chi connectivity index (χ2n) is 8.68. The van der Waals surface area contributed by atoms with Gasteiger partial charge in [-0.15, -0.1) is 0 Å². The van der Waals surface area contributed by atoms with E-state index in [-0.39, 0.29) is 23.9 Å². The minimum absolute atomic E-state index is 0.0909. The van der Waals surface area contributed by atoms with Crippen molar-refractivity contribution in [1.29, 1.82) is 0 Å². The summed E-state index contributed by atoms with van der Waals surface area (Å²) in [6.07, 6.45) is 3.66. The fourth-order valence-electron chi connectivity index (χ4n) is 4.08. The summed E-state index contributed by atoms with van der Waals surface area (Å²) < 4.78 is 19.8. The fraction of sp³-hybridized carbons (Fsp3) is 0.417. The van der Waals surface area contributed by atoms with Gasteiger partial charge in [0.2, 0.25) is 0 Å². The molecule has 188 valence electrons. The molecule has 4 heterocycles. The van der Waals surface area contributed by atoms with Crippen LogP contribution < -0.4 is 10.6 Å². The summed E-state index contributed by atoms with van der Waals surface area (Å²) in [5.74, 6) is -0.206. The molecule has 2 aromatic carbocycles. The maximum absolute atomic E-state index is 12.0. The van der Waals surface area contributed by atoms with Gasteiger partial charge in [0.1, 0.15) is 22.1 Å². The van der Waals surface area contributed by atoms with E-state index in [1.54, 1.807) is 36.4 Å². The van der Waals surface area contributed by atoms with E-state index < -0.39 is 0 Å². The van der Waals surface area contributed by atoms with Crippen molar-refractivity contribution in [2.75, 3.05) is 26.4 Å². The number of aromatic nitrogens is 4. The number of benzene rings is 2. The van der Waals surface area contributed by atoms with Gasteiger partial charge in [0.05, 0.1) is 12.6 Å². The molecule has 6 rings (SSSR count). The van der Waals surface area contributed by atoms with E-state index in [1.807, 2.05) is 0 Å². The average molecular weight is 495 g/mol. The Balaban J connectivity index is 0.000000148. The van der Waals surface area contributed by atoms with Crippen LogP contribution in [0.1, 0.15) is 46.4 Å². The molecule has 1 unspecified atom stereocenters. The Morgan fingerprint density at radius 2 is 1.22 bits per heavy atom. The molecular weight excluding hydrogens is 468 g/mol. The summed E-state index contributed by atoms with van der Waals surface area (Å²) in [6.45, 7) is 2.77. The van der Waals surface area contributed by atoms with E-state index in [0.717, 1.165) is 32.3 Å². The molecule has 2 aliphatic heterocycles. The third kappa shape index (κ3) is 5.83. The number of rotatable bonds is 4. The van der Waals surface area contributed by atoms with Crippen LogP contribution in [0.25, 0.3) is 22.1 Å². The zero-order valence-corrected chi connectivity index (χ0v) is 19.5. The smallest absolute Gasteiger partial charge is 0.251 e. The highest BCUT2D eigenvalue weighted by Crippen LogP contribution is 2.14. The van der Waals surface area contributed by atoms with Gasteiger partial charge in [-0.1, -0.05) is 0 Å². The van der Waals surface area contributed by atoms with Crippen LogP contribution in [0.15, 0.2) is 45.7 Å². The van der Waals surface area contributed by atoms with E-state index in [1.165, 1.54) is 0 Å². The van der Waals surface area contributed by atoms with Gasteiger partial charge < -0.3 is 20.1 Å². The monoisotopic (exact) mass is 494 g/mol. The topological polar surface area (TPSA) is 154 Å². The summed E-state index contributed by atoms with van der Waals surface area (Å²) >= 11 is 0. The number of nitrogens with one attached hydrogen (secondary N) is 2. The Morgan fingerprint density at radius 3 is 1.78 bits per heavy atom. The lowest BCUT2D eigenvalue weighted by Crippen LogP contribution is -2.40. The van der Waals surface area contributed by atoms with Crippen LogP contribution in [0.5, 0.6) is 0 Å².